The summed E-state index contributed by atoms with van der Waals surface area (Å²) in [5, 5.41) is 16.1. The van der Waals surface area contributed by atoms with E-state index in [0.717, 1.165) is 22.9 Å². The summed E-state index contributed by atoms with van der Waals surface area (Å²) >= 11 is 1.27. The fourth-order valence-electron chi connectivity index (χ4n) is 3.23. The minimum absolute atomic E-state index is 0.120. The van der Waals surface area contributed by atoms with Crippen LogP contribution < -0.4 is 5.32 Å². The van der Waals surface area contributed by atoms with Crippen molar-refractivity contribution >= 4 is 29.3 Å². The molecule has 0 aliphatic heterocycles. The van der Waals surface area contributed by atoms with Gasteiger partial charge in [-0.1, -0.05) is 48.2 Å². The molecular formula is C23H22N6O2S. The molecule has 4 aromatic rings. The van der Waals surface area contributed by atoms with Gasteiger partial charge in [-0.15, -0.1) is 10.2 Å². The number of hydrogen-bond donors (Lipinski definition) is 1. The van der Waals surface area contributed by atoms with Crippen molar-refractivity contribution in [3.8, 4) is 11.4 Å². The third-order valence-corrected chi connectivity index (χ3v) is 5.62. The van der Waals surface area contributed by atoms with Gasteiger partial charge in [-0.3, -0.25) is 14.2 Å². The highest BCUT2D eigenvalue weighted by Crippen LogP contribution is 2.22. The van der Waals surface area contributed by atoms with Gasteiger partial charge in [-0.25, -0.2) is 4.68 Å². The summed E-state index contributed by atoms with van der Waals surface area (Å²) in [5.41, 5.74) is 2.52. The number of benzene rings is 2. The Morgan fingerprint density at radius 1 is 0.938 bits per heavy atom. The number of anilines is 1. The average molecular weight is 447 g/mol. The Labute approximate surface area is 189 Å². The summed E-state index contributed by atoms with van der Waals surface area (Å²) in [6, 6.07) is 21.0. The standard InChI is InChI=1S/C23H22N6O2S/c1-16-13-21(29(27-16)19-11-7-4-8-12-19)24-22(31)14-20(30)15-32-23-26-25-17(2)28(23)18-9-5-3-6-10-18/h3-13H,14-15H2,1-2H3,(H,24,31). The molecule has 162 valence electrons. The Kier molecular flexibility index (Phi) is 6.46. The summed E-state index contributed by atoms with van der Waals surface area (Å²) in [6.45, 7) is 3.71. The molecule has 0 spiro atoms. The largest absolute Gasteiger partial charge is 0.310 e. The van der Waals surface area contributed by atoms with E-state index in [1.54, 1.807) is 10.7 Å². The number of hydrogen-bond acceptors (Lipinski definition) is 6. The quantitative estimate of drug-likeness (QED) is 0.327. The predicted octanol–water partition coefficient (Wildman–Crippen LogP) is 3.76. The van der Waals surface area contributed by atoms with Gasteiger partial charge >= 0.3 is 0 Å². The number of nitrogens with zero attached hydrogens (tertiary/aromatic N) is 5. The third-order valence-electron chi connectivity index (χ3n) is 4.63. The number of carbonyl (C=O) groups is 2. The summed E-state index contributed by atoms with van der Waals surface area (Å²) in [7, 11) is 0. The third kappa shape index (κ3) is 4.94. The normalized spacial score (nSPS) is 10.8. The van der Waals surface area contributed by atoms with Crippen LogP contribution in [0.3, 0.4) is 0 Å². The molecule has 0 bridgehead atoms. The number of rotatable bonds is 8. The zero-order valence-electron chi connectivity index (χ0n) is 17.7. The van der Waals surface area contributed by atoms with E-state index in [4.69, 9.17) is 0 Å². The van der Waals surface area contributed by atoms with Crippen LogP contribution in [-0.2, 0) is 9.59 Å². The van der Waals surface area contributed by atoms with Crippen LogP contribution in [0.1, 0.15) is 17.9 Å². The van der Waals surface area contributed by atoms with Gasteiger partial charge in [0.2, 0.25) is 5.91 Å². The first-order chi connectivity index (χ1) is 15.5. The maximum atomic E-state index is 12.5. The Morgan fingerprint density at radius 3 is 2.28 bits per heavy atom. The lowest BCUT2D eigenvalue weighted by atomic mass is 10.3. The first-order valence-corrected chi connectivity index (χ1v) is 11.0. The maximum absolute atomic E-state index is 12.5. The monoisotopic (exact) mass is 446 g/mol. The first kappa shape index (κ1) is 21.5. The van der Waals surface area contributed by atoms with Crippen LogP contribution in [-0.4, -0.2) is 42.0 Å². The van der Waals surface area contributed by atoms with Crippen molar-refractivity contribution in [1.82, 2.24) is 24.5 Å². The SMILES string of the molecule is Cc1cc(NC(=O)CC(=O)CSc2nnc(C)n2-c2ccccc2)n(-c2ccccc2)n1. The smallest absolute Gasteiger partial charge is 0.233 e. The molecule has 2 aromatic heterocycles. The molecule has 0 saturated heterocycles. The molecule has 0 radical (unpaired) electrons. The van der Waals surface area contributed by atoms with Crippen LogP contribution in [0.25, 0.3) is 11.4 Å². The molecule has 0 atom stereocenters. The number of aryl methyl sites for hydroxylation is 2. The van der Waals surface area contributed by atoms with Crippen molar-refractivity contribution in [3.05, 3.63) is 78.2 Å². The van der Waals surface area contributed by atoms with Crippen LogP contribution in [0.15, 0.2) is 71.9 Å². The Morgan fingerprint density at radius 2 is 1.59 bits per heavy atom. The highest BCUT2D eigenvalue weighted by Gasteiger charge is 2.17. The van der Waals surface area contributed by atoms with Crippen LogP contribution >= 0.6 is 11.8 Å². The molecule has 32 heavy (non-hydrogen) atoms. The fourth-order valence-corrected chi connectivity index (χ4v) is 4.08. The minimum atomic E-state index is -0.381. The summed E-state index contributed by atoms with van der Waals surface area (Å²) in [4.78, 5) is 25.0. The average Bonchev–Trinajstić information content (AvgIpc) is 3.35. The molecule has 8 nitrogen and oxygen atoms in total. The molecule has 2 heterocycles. The lowest BCUT2D eigenvalue weighted by Crippen LogP contribution is -2.19. The first-order valence-electron chi connectivity index (χ1n) is 10.0. The number of nitrogens with one attached hydrogen (secondary N) is 1. The molecule has 1 amide bonds. The topological polar surface area (TPSA) is 94.7 Å². The van der Waals surface area contributed by atoms with Crippen molar-refractivity contribution in [1.29, 1.82) is 0 Å². The van der Waals surface area contributed by atoms with E-state index in [1.165, 1.54) is 11.8 Å². The number of carbonyl (C=O) groups excluding carboxylic acids is 2. The Balaban J connectivity index is 1.38. The second-order valence-corrected chi connectivity index (χ2v) is 8.11. The lowest BCUT2D eigenvalue weighted by Gasteiger charge is -2.09. The molecular weight excluding hydrogens is 424 g/mol. The zero-order valence-corrected chi connectivity index (χ0v) is 18.5. The summed E-state index contributed by atoms with van der Waals surface area (Å²) < 4.78 is 3.54. The highest BCUT2D eigenvalue weighted by atomic mass is 32.2. The number of amides is 1. The number of para-hydroxylation sites is 2. The second kappa shape index (κ2) is 9.61. The molecule has 0 saturated carbocycles. The van der Waals surface area contributed by atoms with E-state index in [1.807, 2.05) is 79.1 Å². The van der Waals surface area contributed by atoms with Gasteiger partial charge in [0.15, 0.2) is 10.9 Å². The van der Waals surface area contributed by atoms with Crippen LogP contribution in [0.5, 0.6) is 0 Å². The van der Waals surface area contributed by atoms with Crippen molar-refractivity contribution in [2.75, 3.05) is 11.1 Å². The van der Waals surface area contributed by atoms with E-state index in [-0.39, 0.29) is 23.9 Å². The zero-order chi connectivity index (χ0) is 22.5. The molecule has 0 aliphatic rings. The lowest BCUT2D eigenvalue weighted by molar-refractivity contribution is -0.124. The van der Waals surface area contributed by atoms with E-state index >= 15 is 0 Å². The van der Waals surface area contributed by atoms with Gasteiger partial charge in [0.1, 0.15) is 11.6 Å². The van der Waals surface area contributed by atoms with Crippen molar-refractivity contribution < 1.29 is 9.59 Å². The molecule has 4 rings (SSSR count). The van der Waals surface area contributed by atoms with Gasteiger partial charge in [0.05, 0.1) is 23.6 Å². The Hall–Kier alpha value is -3.72. The molecule has 0 aliphatic carbocycles. The van der Waals surface area contributed by atoms with Crippen molar-refractivity contribution in [2.45, 2.75) is 25.4 Å². The van der Waals surface area contributed by atoms with E-state index < -0.39 is 0 Å². The van der Waals surface area contributed by atoms with E-state index in [2.05, 4.69) is 20.6 Å². The number of thioether (sulfide) groups is 1. The second-order valence-electron chi connectivity index (χ2n) is 7.17. The van der Waals surface area contributed by atoms with Gasteiger partial charge < -0.3 is 5.32 Å². The Bertz CT molecular complexity index is 1230. The van der Waals surface area contributed by atoms with Gasteiger partial charge in [0.25, 0.3) is 0 Å². The van der Waals surface area contributed by atoms with E-state index in [9.17, 15) is 9.59 Å². The van der Waals surface area contributed by atoms with E-state index in [0.29, 0.717) is 11.0 Å². The number of ketones is 1. The van der Waals surface area contributed by atoms with Crippen molar-refractivity contribution in [2.24, 2.45) is 0 Å². The van der Waals surface area contributed by atoms with Gasteiger partial charge in [-0.2, -0.15) is 5.10 Å². The molecule has 2 aromatic carbocycles. The maximum Gasteiger partial charge on any atom is 0.233 e. The van der Waals surface area contributed by atoms with Crippen LogP contribution in [0.4, 0.5) is 5.82 Å². The van der Waals surface area contributed by atoms with Crippen LogP contribution in [0, 0.1) is 13.8 Å². The van der Waals surface area contributed by atoms with Gasteiger partial charge in [-0.05, 0) is 38.1 Å². The van der Waals surface area contributed by atoms with Gasteiger partial charge in [0, 0.05) is 11.8 Å². The molecule has 9 heteroatoms. The van der Waals surface area contributed by atoms with Crippen LogP contribution in [0.2, 0.25) is 0 Å². The molecule has 0 fully saturated rings. The fraction of sp³-hybridized carbons (Fsp3) is 0.174. The molecule has 1 N–H and O–H groups in total. The minimum Gasteiger partial charge on any atom is -0.310 e. The number of aromatic nitrogens is 5. The highest BCUT2D eigenvalue weighted by molar-refractivity contribution is 7.99. The van der Waals surface area contributed by atoms with Crippen molar-refractivity contribution in [3.63, 3.8) is 0 Å². The molecule has 0 unspecified atom stereocenters. The predicted molar refractivity (Wildman–Crippen MR) is 123 cm³/mol. The summed E-state index contributed by atoms with van der Waals surface area (Å²) in [6.07, 6.45) is -0.232. The number of Topliss-reactive ketones (excluding diaryl/α,β-unsaturated/α-hetero) is 1. The summed E-state index contributed by atoms with van der Waals surface area (Å²) in [5.74, 6) is 0.797.